The molecular weight excluding hydrogens is 218 g/mol. The third kappa shape index (κ3) is 2.50. The van der Waals surface area contributed by atoms with Gasteiger partial charge in [-0.15, -0.1) is 0 Å². The monoisotopic (exact) mass is 229 g/mol. The Labute approximate surface area is 80.5 Å². The van der Waals surface area contributed by atoms with Crippen molar-refractivity contribution in [1.82, 2.24) is 0 Å². The van der Waals surface area contributed by atoms with Gasteiger partial charge in [0.15, 0.2) is 0 Å². The van der Waals surface area contributed by atoms with Crippen LogP contribution >= 0.6 is 15.9 Å². The normalized spacial score (nSPS) is 12.9. The van der Waals surface area contributed by atoms with Gasteiger partial charge >= 0.3 is 0 Å². The van der Waals surface area contributed by atoms with Crippen molar-refractivity contribution >= 4 is 15.9 Å². The first-order valence-corrected chi connectivity index (χ1v) is 4.62. The maximum absolute atomic E-state index is 9.41. The summed E-state index contributed by atoms with van der Waals surface area (Å²) < 4.78 is 0.968. The zero-order valence-corrected chi connectivity index (χ0v) is 8.51. The van der Waals surface area contributed by atoms with E-state index in [1.165, 1.54) is 0 Å². The average Bonchev–Trinajstić information content (AvgIpc) is 1.96. The van der Waals surface area contributed by atoms with Crippen molar-refractivity contribution in [1.29, 1.82) is 0 Å². The molecule has 0 radical (unpaired) electrons. The number of benzene rings is 1. The summed E-state index contributed by atoms with van der Waals surface area (Å²) in [5, 5.41) is 9.41. The van der Waals surface area contributed by atoms with Crippen LogP contribution < -0.4 is 5.73 Å². The molecular formula is C9H12BrNO. The van der Waals surface area contributed by atoms with Gasteiger partial charge in [0.2, 0.25) is 0 Å². The molecule has 1 unspecified atom stereocenters. The van der Waals surface area contributed by atoms with E-state index in [1.807, 2.05) is 13.0 Å². The Morgan fingerprint density at radius 3 is 2.83 bits per heavy atom. The van der Waals surface area contributed by atoms with Crippen LogP contribution in [0.3, 0.4) is 0 Å². The van der Waals surface area contributed by atoms with E-state index in [2.05, 4.69) is 15.9 Å². The smallest absolute Gasteiger partial charge is 0.118 e. The highest BCUT2D eigenvalue weighted by Crippen LogP contribution is 2.22. The molecule has 1 aromatic carbocycles. The van der Waals surface area contributed by atoms with Crippen molar-refractivity contribution in [3.8, 4) is 5.75 Å². The molecule has 0 fully saturated rings. The lowest BCUT2D eigenvalue weighted by atomic mass is 10.1. The SMILES string of the molecule is CC(N)Cc1cc(Br)ccc1O. The summed E-state index contributed by atoms with van der Waals surface area (Å²) >= 11 is 3.33. The van der Waals surface area contributed by atoms with Crippen LogP contribution in [0.4, 0.5) is 0 Å². The van der Waals surface area contributed by atoms with Crippen LogP contribution in [0, 0.1) is 0 Å². The Morgan fingerprint density at radius 2 is 2.25 bits per heavy atom. The lowest BCUT2D eigenvalue weighted by Gasteiger charge is -2.07. The number of hydrogen-bond acceptors (Lipinski definition) is 2. The van der Waals surface area contributed by atoms with Gasteiger partial charge in [0.25, 0.3) is 0 Å². The Hall–Kier alpha value is -0.540. The number of hydrogen-bond donors (Lipinski definition) is 2. The second-order valence-corrected chi connectivity index (χ2v) is 3.87. The first-order valence-electron chi connectivity index (χ1n) is 3.82. The van der Waals surface area contributed by atoms with E-state index < -0.39 is 0 Å². The quantitative estimate of drug-likeness (QED) is 0.816. The highest BCUT2D eigenvalue weighted by Gasteiger charge is 2.03. The fraction of sp³-hybridized carbons (Fsp3) is 0.333. The number of rotatable bonds is 2. The molecule has 2 nitrogen and oxygen atoms in total. The van der Waals surface area contributed by atoms with Crippen LogP contribution in [0.25, 0.3) is 0 Å². The molecule has 0 aliphatic carbocycles. The van der Waals surface area contributed by atoms with Gasteiger partial charge in [0, 0.05) is 10.5 Å². The van der Waals surface area contributed by atoms with E-state index in [0.29, 0.717) is 12.2 Å². The van der Waals surface area contributed by atoms with Gasteiger partial charge in [0.1, 0.15) is 5.75 Å². The van der Waals surface area contributed by atoms with E-state index in [1.54, 1.807) is 12.1 Å². The summed E-state index contributed by atoms with van der Waals surface area (Å²) in [6.07, 6.45) is 0.700. The molecule has 66 valence electrons. The zero-order valence-electron chi connectivity index (χ0n) is 6.92. The maximum Gasteiger partial charge on any atom is 0.118 e. The van der Waals surface area contributed by atoms with Crippen LogP contribution in [0.15, 0.2) is 22.7 Å². The number of nitrogens with two attached hydrogens (primary N) is 1. The summed E-state index contributed by atoms with van der Waals surface area (Å²) in [7, 11) is 0. The van der Waals surface area contributed by atoms with Gasteiger partial charge in [-0.3, -0.25) is 0 Å². The second kappa shape index (κ2) is 3.92. The van der Waals surface area contributed by atoms with Gasteiger partial charge in [-0.2, -0.15) is 0 Å². The van der Waals surface area contributed by atoms with Gasteiger partial charge in [-0.05, 0) is 37.1 Å². The minimum Gasteiger partial charge on any atom is -0.508 e. The zero-order chi connectivity index (χ0) is 9.14. The summed E-state index contributed by atoms with van der Waals surface area (Å²) in [6.45, 7) is 1.92. The first kappa shape index (κ1) is 9.55. The van der Waals surface area contributed by atoms with Crippen molar-refractivity contribution in [2.75, 3.05) is 0 Å². The van der Waals surface area contributed by atoms with Crippen LogP contribution in [0.2, 0.25) is 0 Å². The topological polar surface area (TPSA) is 46.2 Å². The number of phenolic OH excluding ortho intramolecular Hbond substituents is 1. The standard InChI is InChI=1S/C9H12BrNO/c1-6(11)4-7-5-8(10)2-3-9(7)12/h2-3,5-6,12H,4,11H2,1H3. The van der Waals surface area contributed by atoms with Gasteiger partial charge in [0.05, 0.1) is 0 Å². The average molecular weight is 230 g/mol. The van der Waals surface area contributed by atoms with E-state index in [4.69, 9.17) is 5.73 Å². The van der Waals surface area contributed by atoms with Crippen LogP contribution in [-0.4, -0.2) is 11.1 Å². The van der Waals surface area contributed by atoms with Crippen molar-refractivity contribution in [2.45, 2.75) is 19.4 Å². The van der Waals surface area contributed by atoms with Crippen LogP contribution in [-0.2, 0) is 6.42 Å². The summed E-state index contributed by atoms with van der Waals surface area (Å²) in [6, 6.07) is 5.44. The minimum atomic E-state index is 0.0743. The highest BCUT2D eigenvalue weighted by atomic mass is 79.9. The number of halogens is 1. The van der Waals surface area contributed by atoms with Crippen molar-refractivity contribution in [2.24, 2.45) is 5.73 Å². The molecule has 0 aliphatic heterocycles. The maximum atomic E-state index is 9.41. The summed E-state index contributed by atoms with van der Waals surface area (Å²) in [4.78, 5) is 0. The molecule has 0 aromatic heterocycles. The molecule has 0 amide bonds. The predicted octanol–water partition coefficient (Wildman–Crippen LogP) is 2.04. The third-order valence-electron chi connectivity index (χ3n) is 1.58. The Kier molecular flexibility index (Phi) is 3.12. The summed E-state index contributed by atoms with van der Waals surface area (Å²) in [5.41, 5.74) is 6.51. The third-order valence-corrected chi connectivity index (χ3v) is 2.08. The van der Waals surface area contributed by atoms with Crippen molar-refractivity contribution in [3.05, 3.63) is 28.2 Å². The van der Waals surface area contributed by atoms with Gasteiger partial charge < -0.3 is 10.8 Å². The molecule has 0 bridgehead atoms. The Morgan fingerprint density at radius 1 is 1.58 bits per heavy atom. The van der Waals surface area contributed by atoms with Crippen LogP contribution in [0.5, 0.6) is 5.75 Å². The van der Waals surface area contributed by atoms with E-state index in [9.17, 15) is 5.11 Å². The fourth-order valence-electron chi connectivity index (χ4n) is 1.06. The van der Waals surface area contributed by atoms with Gasteiger partial charge in [-0.25, -0.2) is 0 Å². The molecule has 0 spiro atoms. The first-order chi connectivity index (χ1) is 5.59. The molecule has 0 saturated heterocycles. The van der Waals surface area contributed by atoms with E-state index in [0.717, 1.165) is 10.0 Å². The molecule has 12 heavy (non-hydrogen) atoms. The predicted molar refractivity (Wildman–Crippen MR) is 53.2 cm³/mol. The van der Waals surface area contributed by atoms with E-state index >= 15 is 0 Å². The number of aromatic hydroxyl groups is 1. The van der Waals surface area contributed by atoms with Crippen LogP contribution in [0.1, 0.15) is 12.5 Å². The molecule has 3 N–H and O–H groups in total. The van der Waals surface area contributed by atoms with Crippen molar-refractivity contribution < 1.29 is 5.11 Å². The minimum absolute atomic E-state index is 0.0743. The largest absolute Gasteiger partial charge is 0.508 e. The Bertz CT molecular complexity index is 273. The second-order valence-electron chi connectivity index (χ2n) is 2.95. The lowest BCUT2D eigenvalue weighted by Crippen LogP contribution is -2.17. The fourth-order valence-corrected chi connectivity index (χ4v) is 1.47. The Balaban J connectivity index is 2.90. The molecule has 1 atom stereocenters. The highest BCUT2D eigenvalue weighted by molar-refractivity contribution is 9.10. The molecule has 3 heteroatoms. The molecule has 0 aliphatic rings. The molecule has 1 rings (SSSR count). The molecule has 0 saturated carbocycles. The lowest BCUT2D eigenvalue weighted by molar-refractivity contribution is 0.465. The van der Waals surface area contributed by atoms with Crippen molar-refractivity contribution in [3.63, 3.8) is 0 Å². The van der Waals surface area contributed by atoms with Gasteiger partial charge in [-0.1, -0.05) is 15.9 Å². The van der Waals surface area contributed by atoms with E-state index in [-0.39, 0.29) is 6.04 Å². The summed E-state index contributed by atoms with van der Waals surface area (Å²) in [5.74, 6) is 0.315. The number of phenols is 1. The molecule has 0 heterocycles. The molecule has 1 aromatic rings.